The van der Waals surface area contributed by atoms with Crippen LogP contribution in [0.15, 0.2) is 53.4 Å². The van der Waals surface area contributed by atoms with Gasteiger partial charge in [-0.05, 0) is 56.2 Å². The van der Waals surface area contributed by atoms with Gasteiger partial charge in [-0.2, -0.15) is 0 Å². The summed E-state index contributed by atoms with van der Waals surface area (Å²) in [4.78, 5) is 41.4. The summed E-state index contributed by atoms with van der Waals surface area (Å²) in [6.45, 7) is 1.88. The van der Waals surface area contributed by atoms with Gasteiger partial charge in [-0.1, -0.05) is 17.7 Å². The second kappa shape index (κ2) is 7.33. The largest absolute Gasteiger partial charge is 0.323 e. The number of carbonyl (C=O) groups excluding carboxylic acids is 3. The smallest absolute Gasteiger partial charge is 0.257 e. The average Bonchev–Trinajstić information content (AvgIpc) is 3.47. The first kappa shape index (κ1) is 20.2. The zero-order valence-corrected chi connectivity index (χ0v) is 17.1. The summed E-state index contributed by atoms with van der Waals surface area (Å²) in [5.74, 6) is -1.19. The van der Waals surface area contributed by atoms with Gasteiger partial charge in [0.2, 0.25) is 15.9 Å². The van der Waals surface area contributed by atoms with Crippen molar-refractivity contribution in [2.75, 3.05) is 4.90 Å². The van der Waals surface area contributed by atoms with Crippen molar-refractivity contribution < 1.29 is 22.8 Å². The molecular weight excluding hydrogens is 406 g/mol. The molecule has 2 aliphatic rings. The molecule has 8 nitrogen and oxygen atoms in total. The van der Waals surface area contributed by atoms with Crippen LogP contribution >= 0.6 is 0 Å². The Bertz CT molecular complexity index is 1140. The zero-order chi connectivity index (χ0) is 21.6. The lowest BCUT2D eigenvalue weighted by molar-refractivity contribution is -0.122. The molecule has 2 fully saturated rings. The highest BCUT2D eigenvalue weighted by Gasteiger charge is 2.48. The molecule has 2 N–H and O–H groups in total. The van der Waals surface area contributed by atoms with Gasteiger partial charge in [-0.3, -0.25) is 14.4 Å². The maximum absolute atomic E-state index is 13.2. The molecule has 0 spiro atoms. The van der Waals surface area contributed by atoms with Crippen LogP contribution in [0.5, 0.6) is 0 Å². The SMILES string of the molecule is Cc1cccc(C(=O)N(C2CC2)C2CC(=O)N(c3ccc(S(N)(=O)=O)cc3)C2=O)c1. The fraction of sp³-hybridized carbons (Fsp3) is 0.286. The number of sulfonamides is 1. The number of benzene rings is 2. The molecule has 1 unspecified atom stereocenters. The Balaban J connectivity index is 1.63. The number of imide groups is 1. The van der Waals surface area contributed by atoms with Crippen LogP contribution in [0, 0.1) is 6.92 Å². The quantitative estimate of drug-likeness (QED) is 0.727. The first-order valence-corrected chi connectivity index (χ1v) is 11.1. The maximum atomic E-state index is 13.2. The Hall–Kier alpha value is -3.04. The number of rotatable bonds is 5. The van der Waals surface area contributed by atoms with Crippen molar-refractivity contribution in [3.63, 3.8) is 0 Å². The van der Waals surface area contributed by atoms with Gasteiger partial charge in [0.15, 0.2) is 0 Å². The lowest BCUT2D eigenvalue weighted by Crippen LogP contribution is -2.46. The second-order valence-electron chi connectivity index (χ2n) is 7.64. The molecular formula is C21H21N3O5S. The summed E-state index contributed by atoms with van der Waals surface area (Å²) in [5.41, 5.74) is 1.67. The minimum Gasteiger partial charge on any atom is -0.323 e. The van der Waals surface area contributed by atoms with Gasteiger partial charge in [0.1, 0.15) is 6.04 Å². The minimum absolute atomic E-state index is 0.0653. The van der Waals surface area contributed by atoms with Crippen molar-refractivity contribution in [3.8, 4) is 0 Å². The Morgan fingerprint density at radius 3 is 2.33 bits per heavy atom. The highest BCUT2D eigenvalue weighted by Crippen LogP contribution is 2.35. The van der Waals surface area contributed by atoms with Crippen molar-refractivity contribution in [3.05, 3.63) is 59.7 Å². The molecule has 0 aromatic heterocycles. The predicted molar refractivity (Wildman–Crippen MR) is 109 cm³/mol. The lowest BCUT2D eigenvalue weighted by atomic mass is 10.1. The number of aryl methyl sites for hydroxylation is 1. The molecule has 2 aromatic rings. The highest BCUT2D eigenvalue weighted by molar-refractivity contribution is 7.89. The zero-order valence-electron chi connectivity index (χ0n) is 16.3. The first-order valence-electron chi connectivity index (χ1n) is 9.56. The Morgan fingerprint density at radius 2 is 1.77 bits per heavy atom. The lowest BCUT2D eigenvalue weighted by Gasteiger charge is -2.28. The van der Waals surface area contributed by atoms with E-state index in [1.165, 1.54) is 29.2 Å². The summed E-state index contributed by atoms with van der Waals surface area (Å²) >= 11 is 0. The summed E-state index contributed by atoms with van der Waals surface area (Å²) in [5, 5.41) is 5.10. The number of carbonyl (C=O) groups is 3. The Morgan fingerprint density at radius 1 is 1.10 bits per heavy atom. The van der Waals surface area contributed by atoms with Gasteiger partial charge in [0, 0.05) is 11.6 Å². The van der Waals surface area contributed by atoms with E-state index in [4.69, 9.17) is 5.14 Å². The first-order chi connectivity index (χ1) is 14.2. The molecule has 0 bridgehead atoms. The van der Waals surface area contributed by atoms with Crippen molar-refractivity contribution in [2.24, 2.45) is 5.14 Å². The molecule has 1 aliphatic carbocycles. The predicted octanol–water partition coefficient (Wildman–Crippen LogP) is 1.58. The Labute approximate surface area is 174 Å². The fourth-order valence-corrected chi connectivity index (χ4v) is 4.25. The number of amides is 3. The molecule has 9 heteroatoms. The van der Waals surface area contributed by atoms with Gasteiger partial charge >= 0.3 is 0 Å². The van der Waals surface area contributed by atoms with Crippen LogP contribution in [0.2, 0.25) is 0 Å². The third kappa shape index (κ3) is 3.73. The molecule has 1 heterocycles. The van der Waals surface area contributed by atoms with E-state index in [1.807, 2.05) is 13.0 Å². The maximum Gasteiger partial charge on any atom is 0.257 e. The van der Waals surface area contributed by atoms with E-state index in [-0.39, 0.29) is 29.0 Å². The van der Waals surface area contributed by atoms with Crippen LogP contribution in [-0.4, -0.2) is 43.1 Å². The molecule has 3 amide bonds. The normalized spacial score (nSPS) is 19.3. The van der Waals surface area contributed by atoms with Gasteiger partial charge < -0.3 is 4.90 Å². The van der Waals surface area contributed by atoms with Crippen LogP contribution in [0.3, 0.4) is 0 Å². The standard InChI is InChI=1S/C21H21N3O5S/c1-13-3-2-4-14(11-13)20(26)23(15-5-6-15)18-12-19(25)24(21(18)27)16-7-9-17(10-8-16)30(22,28)29/h2-4,7-11,15,18H,5-6,12H2,1H3,(H2,22,28,29). The highest BCUT2D eigenvalue weighted by atomic mass is 32.2. The molecule has 4 rings (SSSR count). The van der Waals surface area contributed by atoms with Gasteiger partial charge in [0.25, 0.3) is 11.8 Å². The number of hydrogen-bond acceptors (Lipinski definition) is 5. The third-order valence-electron chi connectivity index (χ3n) is 5.32. The molecule has 2 aromatic carbocycles. The molecule has 1 saturated heterocycles. The van der Waals surface area contributed by atoms with E-state index < -0.39 is 27.9 Å². The molecule has 156 valence electrons. The number of anilines is 1. The number of primary sulfonamides is 1. The summed E-state index contributed by atoms with van der Waals surface area (Å²) in [6.07, 6.45) is 1.47. The summed E-state index contributed by atoms with van der Waals surface area (Å²) in [6, 6.07) is 11.4. The van der Waals surface area contributed by atoms with E-state index in [0.29, 0.717) is 5.56 Å². The van der Waals surface area contributed by atoms with Crippen LogP contribution in [0.1, 0.15) is 35.2 Å². The summed E-state index contributed by atoms with van der Waals surface area (Å²) < 4.78 is 22.9. The summed E-state index contributed by atoms with van der Waals surface area (Å²) in [7, 11) is -3.88. The minimum atomic E-state index is -3.88. The molecule has 30 heavy (non-hydrogen) atoms. The number of nitrogens with two attached hydrogens (primary N) is 1. The van der Waals surface area contributed by atoms with Crippen LogP contribution in [-0.2, 0) is 19.6 Å². The van der Waals surface area contributed by atoms with Crippen LogP contribution < -0.4 is 10.0 Å². The third-order valence-corrected chi connectivity index (χ3v) is 6.25. The van der Waals surface area contributed by atoms with Gasteiger partial charge in [-0.25, -0.2) is 18.5 Å². The fourth-order valence-electron chi connectivity index (χ4n) is 3.73. The average molecular weight is 427 g/mol. The van der Waals surface area contributed by atoms with Crippen molar-refractivity contribution in [1.82, 2.24) is 4.90 Å². The van der Waals surface area contributed by atoms with Gasteiger partial charge in [0.05, 0.1) is 17.0 Å². The number of hydrogen-bond donors (Lipinski definition) is 1. The van der Waals surface area contributed by atoms with E-state index >= 15 is 0 Å². The molecule has 1 atom stereocenters. The monoisotopic (exact) mass is 427 g/mol. The number of nitrogens with zero attached hydrogens (tertiary/aromatic N) is 2. The second-order valence-corrected chi connectivity index (χ2v) is 9.20. The van der Waals surface area contributed by atoms with E-state index in [0.717, 1.165) is 23.3 Å². The van der Waals surface area contributed by atoms with Gasteiger partial charge in [-0.15, -0.1) is 0 Å². The topological polar surface area (TPSA) is 118 Å². The van der Waals surface area contributed by atoms with E-state index in [1.54, 1.807) is 18.2 Å². The van der Waals surface area contributed by atoms with E-state index in [2.05, 4.69) is 0 Å². The van der Waals surface area contributed by atoms with Crippen molar-refractivity contribution in [1.29, 1.82) is 0 Å². The van der Waals surface area contributed by atoms with Crippen molar-refractivity contribution in [2.45, 2.75) is 43.2 Å². The molecule has 1 aliphatic heterocycles. The van der Waals surface area contributed by atoms with Crippen LogP contribution in [0.25, 0.3) is 0 Å². The van der Waals surface area contributed by atoms with Crippen LogP contribution in [0.4, 0.5) is 5.69 Å². The molecule has 1 saturated carbocycles. The molecule has 0 radical (unpaired) electrons. The van der Waals surface area contributed by atoms with Crippen molar-refractivity contribution >= 4 is 33.4 Å². The van der Waals surface area contributed by atoms with E-state index in [9.17, 15) is 22.8 Å². The Kier molecular flexibility index (Phi) is 4.95.